The molecule has 2 rings (SSSR count). The van der Waals surface area contributed by atoms with Crippen molar-refractivity contribution < 1.29 is 14.7 Å². The Labute approximate surface area is 127 Å². The van der Waals surface area contributed by atoms with E-state index in [2.05, 4.69) is 31.5 Å². The zero-order valence-electron chi connectivity index (χ0n) is 10.5. The Morgan fingerprint density at radius 2 is 2.20 bits per heavy atom. The first kappa shape index (κ1) is 14.6. The van der Waals surface area contributed by atoms with E-state index >= 15 is 0 Å². The number of aromatic amines is 1. The number of halogens is 1. The molecule has 2 amide bonds. The van der Waals surface area contributed by atoms with Gasteiger partial charge in [0.25, 0.3) is 0 Å². The van der Waals surface area contributed by atoms with Gasteiger partial charge in [0.1, 0.15) is 5.69 Å². The highest BCUT2D eigenvalue weighted by Gasteiger charge is 2.15. The summed E-state index contributed by atoms with van der Waals surface area (Å²) in [4.78, 5) is 26.4. The maximum atomic E-state index is 11.7. The van der Waals surface area contributed by atoms with E-state index in [-0.39, 0.29) is 11.4 Å². The minimum atomic E-state index is -1.12. The zero-order chi connectivity index (χ0) is 14.7. The van der Waals surface area contributed by atoms with Crippen molar-refractivity contribution in [2.45, 2.75) is 13.5 Å². The van der Waals surface area contributed by atoms with Gasteiger partial charge in [-0.25, -0.2) is 9.59 Å². The van der Waals surface area contributed by atoms with Crippen LogP contribution in [-0.2, 0) is 6.54 Å². The van der Waals surface area contributed by atoms with Crippen molar-refractivity contribution in [1.82, 2.24) is 10.3 Å². The molecular formula is C12H12BrN3O3S. The summed E-state index contributed by atoms with van der Waals surface area (Å²) in [7, 11) is 0. The van der Waals surface area contributed by atoms with Gasteiger partial charge in [-0.15, -0.1) is 11.3 Å². The summed E-state index contributed by atoms with van der Waals surface area (Å²) in [6.07, 6.45) is 0. The van der Waals surface area contributed by atoms with E-state index in [4.69, 9.17) is 5.11 Å². The maximum Gasteiger partial charge on any atom is 0.354 e. The summed E-state index contributed by atoms with van der Waals surface area (Å²) in [6.45, 7) is 2.10. The van der Waals surface area contributed by atoms with Crippen molar-refractivity contribution in [3.05, 3.63) is 38.3 Å². The smallest absolute Gasteiger partial charge is 0.354 e. The van der Waals surface area contributed by atoms with Gasteiger partial charge in [-0.2, -0.15) is 0 Å². The van der Waals surface area contributed by atoms with Gasteiger partial charge < -0.3 is 20.7 Å². The molecule has 0 saturated heterocycles. The van der Waals surface area contributed by atoms with Crippen molar-refractivity contribution in [2.24, 2.45) is 0 Å². The number of rotatable bonds is 4. The molecule has 0 atom stereocenters. The lowest BCUT2D eigenvalue weighted by atomic mass is 10.3. The Kier molecular flexibility index (Phi) is 4.46. The third kappa shape index (κ3) is 3.61. The van der Waals surface area contributed by atoms with Crippen LogP contribution >= 0.6 is 27.3 Å². The molecule has 2 aromatic rings. The standard InChI is InChI=1S/C12H12BrN3O3S/c1-6-2-9(10(15-6)11(17)18)16-12(19)14-4-8-3-7(13)5-20-8/h2-3,5,15H,4H2,1H3,(H,17,18)(H2,14,16,19). The van der Waals surface area contributed by atoms with E-state index in [1.54, 1.807) is 13.0 Å². The second kappa shape index (κ2) is 6.10. The Hall–Kier alpha value is -1.80. The number of carbonyl (C=O) groups is 2. The molecule has 0 saturated carbocycles. The van der Waals surface area contributed by atoms with Crippen LogP contribution in [0.15, 0.2) is 22.0 Å². The van der Waals surface area contributed by atoms with Gasteiger partial charge in [0.15, 0.2) is 0 Å². The predicted octanol–water partition coefficient (Wildman–Crippen LogP) is 3.17. The van der Waals surface area contributed by atoms with Crippen LogP contribution in [0.4, 0.5) is 10.5 Å². The molecule has 2 aromatic heterocycles. The molecular weight excluding hydrogens is 346 g/mol. The van der Waals surface area contributed by atoms with E-state index in [0.717, 1.165) is 9.35 Å². The minimum absolute atomic E-state index is 0.0310. The average molecular weight is 358 g/mol. The fourth-order valence-corrected chi connectivity index (χ4v) is 3.03. The van der Waals surface area contributed by atoms with E-state index < -0.39 is 12.0 Å². The molecule has 0 aliphatic rings. The van der Waals surface area contributed by atoms with Crippen LogP contribution in [-0.4, -0.2) is 22.1 Å². The van der Waals surface area contributed by atoms with Crippen molar-refractivity contribution >= 4 is 45.0 Å². The number of carboxylic acid groups (broad SMARTS) is 1. The largest absolute Gasteiger partial charge is 0.477 e. The number of hydrogen-bond acceptors (Lipinski definition) is 3. The summed E-state index contributed by atoms with van der Waals surface area (Å²) in [5.41, 5.74) is 0.885. The van der Waals surface area contributed by atoms with E-state index in [1.165, 1.54) is 11.3 Å². The number of thiophene rings is 1. The van der Waals surface area contributed by atoms with Crippen molar-refractivity contribution in [2.75, 3.05) is 5.32 Å². The minimum Gasteiger partial charge on any atom is -0.477 e. The quantitative estimate of drug-likeness (QED) is 0.676. The second-order valence-electron chi connectivity index (χ2n) is 4.09. The SMILES string of the molecule is Cc1cc(NC(=O)NCc2cc(Br)cs2)c(C(=O)O)[nH]1. The first-order valence-electron chi connectivity index (χ1n) is 5.66. The van der Waals surface area contributed by atoms with Crippen LogP contribution in [0.5, 0.6) is 0 Å². The Bertz CT molecular complexity index is 650. The number of aromatic nitrogens is 1. The van der Waals surface area contributed by atoms with Crippen LogP contribution in [0.25, 0.3) is 0 Å². The lowest BCUT2D eigenvalue weighted by Crippen LogP contribution is -2.28. The number of anilines is 1. The normalized spacial score (nSPS) is 10.3. The maximum absolute atomic E-state index is 11.7. The fraction of sp³-hybridized carbons (Fsp3) is 0.167. The molecule has 6 nitrogen and oxygen atoms in total. The topological polar surface area (TPSA) is 94.2 Å². The van der Waals surface area contributed by atoms with Crippen LogP contribution in [0, 0.1) is 6.92 Å². The number of aryl methyl sites for hydroxylation is 1. The molecule has 0 fully saturated rings. The fourth-order valence-electron chi connectivity index (χ4n) is 1.64. The van der Waals surface area contributed by atoms with Gasteiger partial charge >= 0.3 is 12.0 Å². The molecule has 106 valence electrons. The summed E-state index contributed by atoms with van der Waals surface area (Å²) >= 11 is 4.85. The summed E-state index contributed by atoms with van der Waals surface area (Å²) in [5.74, 6) is -1.12. The molecule has 0 aliphatic heterocycles. The first-order valence-corrected chi connectivity index (χ1v) is 7.33. The molecule has 0 aliphatic carbocycles. The summed E-state index contributed by atoms with van der Waals surface area (Å²) in [6, 6.07) is 3.04. The molecule has 20 heavy (non-hydrogen) atoms. The highest BCUT2D eigenvalue weighted by Crippen LogP contribution is 2.20. The van der Waals surface area contributed by atoms with Crippen LogP contribution in [0.3, 0.4) is 0 Å². The molecule has 0 unspecified atom stereocenters. The molecule has 0 aromatic carbocycles. The molecule has 0 spiro atoms. The average Bonchev–Trinajstić information content (AvgIpc) is 2.93. The van der Waals surface area contributed by atoms with Crippen LogP contribution in [0.2, 0.25) is 0 Å². The number of hydrogen-bond donors (Lipinski definition) is 4. The molecule has 2 heterocycles. The number of urea groups is 1. The predicted molar refractivity (Wildman–Crippen MR) is 80.4 cm³/mol. The third-order valence-corrected chi connectivity index (χ3v) is 4.16. The zero-order valence-corrected chi connectivity index (χ0v) is 12.9. The van der Waals surface area contributed by atoms with Gasteiger partial charge in [-0.05, 0) is 35.0 Å². The van der Waals surface area contributed by atoms with Gasteiger partial charge in [-0.1, -0.05) is 0 Å². The van der Waals surface area contributed by atoms with Crippen molar-refractivity contribution in [1.29, 1.82) is 0 Å². The summed E-state index contributed by atoms with van der Waals surface area (Å²) in [5, 5.41) is 16.1. The van der Waals surface area contributed by atoms with E-state index in [0.29, 0.717) is 12.2 Å². The first-order chi connectivity index (χ1) is 9.45. The monoisotopic (exact) mass is 357 g/mol. The highest BCUT2D eigenvalue weighted by molar-refractivity contribution is 9.10. The molecule has 4 N–H and O–H groups in total. The van der Waals surface area contributed by atoms with Gasteiger partial charge in [0, 0.05) is 20.4 Å². The summed E-state index contributed by atoms with van der Waals surface area (Å²) < 4.78 is 0.967. The number of H-pyrrole nitrogens is 1. The van der Waals surface area contributed by atoms with E-state index in [1.807, 2.05) is 11.4 Å². The number of aromatic carboxylic acids is 1. The molecule has 0 radical (unpaired) electrons. The van der Waals surface area contributed by atoms with Crippen LogP contribution in [0.1, 0.15) is 21.1 Å². The van der Waals surface area contributed by atoms with Gasteiger partial charge in [0.05, 0.1) is 12.2 Å². The molecule has 0 bridgehead atoms. The number of carboxylic acids is 1. The number of carbonyl (C=O) groups excluding carboxylic acids is 1. The van der Waals surface area contributed by atoms with Gasteiger partial charge in [0.2, 0.25) is 0 Å². The van der Waals surface area contributed by atoms with Crippen molar-refractivity contribution in [3.63, 3.8) is 0 Å². The highest BCUT2D eigenvalue weighted by atomic mass is 79.9. The molecule has 8 heteroatoms. The van der Waals surface area contributed by atoms with Gasteiger partial charge in [-0.3, -0.25) is 0 Å². The lowest BCUT2D eigenvalue weighted by molar-refractivity contribution is 0.0692. The number of amides is 2. The lowest BCUT2D eigenvalue weighted by Gasteiger charge is -2.05. The van der Waals surface area contributed by atoms with E-state index in [9.17, 15) is 9.59 Å². The third-order valence-electron chi connectivity index (χ3n) is 2.46. The Morgan fingerprint density at radius 3 is 2.80 bits per heavy atom. The number of nitrogens with one attached hydrogen (secondary N) is 3. The second-order valence-corrected chi connectivity index (χ2v) is 6.00. The Balaban J connectivity index is 1.96. The van der Waals surface area contributed by atoms with Crippen LogP contribution < -0.4 is 10.6 Å². The van der Waals surface area contributed by atoms with Crippen molar-refractivity contribution in [3.8, 4) is 0 Å². The Morgan fingerprint density at radius 1 is 1.45 bits per heavy atom.